The highest BCUT2D eigenvalue weighted by molar-refractivity contribution is 7.87. The van der Waals surface area contributed by atoms with Gasteiger partial charge in [-0.3, -0.25) is 14.5 Å². The van der Waals surface area contributed by atoms with Gasteiger partial charge in [0.1, 0.15) is 5.75 Å². The minimum atomic E-state index is -3.96. The van der Waals surface area contributed by atoms with Gasteiger partial charge in [-0.2, -0.15) is 12.7 Å². The molecule has 10 nitrogen and oxygen atoms in total. The number of likely N-dealkylation sites (N-methyl/N-ethyl adjacent to an activating group) is 1. The van der Waals surface area contributed by atoms with Crippen LogP contribution in [0.1, 0.15) is 78.3 Å². The van der Waals surface area contributed by atoms with E-state index in [-0.39, 0.29) is 23.4 Å². The van der Waals surface area contributed by atoms with Crippen molar-refractivity contribution in [3.63, 3.8) is 0 Å². The van der Waals surface area contributed by atoms with Crippen LogP contribution in [-0.4, -0.2) is 92.3 Å². The Balaban J connectivity index is 1.32. The molecule has 2 unspecified atom stereocenters. The summed E-state index contributed by atoms with van der Waals surface area (Å²) in [6.45, 7) is 2.22. The van der Waals surface area contributed by atoms with Crippen LogP contribution in [0, 0.1) is 5.41 Å². The van der Waals surface area contributed by atoms with E-state index in [0.717, 1.165) is 71.0 Å². The summed E-state index contributed by atoms with van der Waals surface area (Å²) in [6.07, 6.45) is 7.58. The number of rotatable bonds is 6. The maximum Gasteiger partial charge on any atom is 0.303 e. The van der Waals surface area contributed by atoms with Gasteiger partial charge in [0.05, 0.1) is 18.2 Å². The lowest BCUT2D eigenvalue weighted by Crippen LogP contribution is -2.50. The molecule has 5 aliphatic rings. The molecule has 3 aliphatic heterocycles. The highest BCUT2D eigenvalue weighted by Gasteiger charge is 2.65. The fourth-order valence-electron chi connectivity index (χ4n) is 9.09. The second kappa shape index (κ2) is 10.6. The Hall–Kier alpha value is -3.41. The molecule has 244 valence electrons. The van der Waals surface area contributed by atoms with Gasteiger partial charge in [-0.15, -0.1) is 0 Å². The predicted molar refractivity (Wildman–Crippen MR) is 176 cm³/mol. The van der Waals surface area contributed by atoms with Gasteiger partial charge in [0, 0.05) is 73.8 Å². The summed E-state index contributed by atoms with van der Waals surface area (Å²) < 4.78 is 36.3. The molecule has 46 heavy (non-hydrogen) atoms. The first-order valence-electron chi connectivity index (χ1n) is 16.6. The number of ether oxygens (including phenoxy) is 1. The largest absolute Gasteiger partial charge is 0.497 e. The molecule has 4 atom stereocenters. The van der Waals surface area contributed by atoms with E-state index in [9.17, 15) is 18.0 Å². The Morgan fingerprint density at radius 2 is 1.80 bits per heavy atom. The number of piperazine rings is 1. The zero-order valence-corrected chi connectivity index (χ0v) is 27.9. The van der Waals surface area contributed by atoms with Crippen LogP contribution in [-0.2, 0) is 21.5 Å². The van der Waals surface area contributed by atoms with Crippen LogP contribution in [0.2, 0.25) is 0 Å². The average molecular weight is 646 g/mol. The first-order valence-corrected chi connectivity index (χ1v) is 18.1. The highest BCUT2D eigenvalue weighted by Crippen LogP contribution is 2.66. The molecule has 3 aromatic rings. The van der Waals surface area contributed by atoms with Gasteiger partial charge in [0.15, 0.2) is 0 Å². The van der Waals surface area contributed by atoms with E-state index >= 15 is 0 Å². The number of nitrogens with one attached hydrogen (secondary N) is 1. The van der Waals surface area contributed by atoms with Crippen molar-refractivity contribution >= 4 is 32.9 Å². The van der Waals surface area contributed by atoms with Crippen molar-refractivity contribution in [1.29, 1.82) is 0 Å². The monoisotopic (exact) mass is 645 g/mol. The molecule has 8 rings (SSSR count). The van der Waals surface area contributed by atoms with Gasteiger partial charge in [0.25, 0.3) is 5.91 Å². The van der Waals surface area contributed by atoms with E-state index in [2.05, 4.69) is 38.3 Å². The minimum Gasteiger partial charge on any atom is -0.497 e. The third-order valence-electron chi connectivity index (χ3n) is 11.7. The molecule has 2 aliphatic carbocycles. The molecule has 11 heteroatoms. The molecule has 2 saturated carbocycles. The van der Waals surface area contributed by atoms with Gasteiger partial charge in [-0.25, -0.2) is 4.72 Å². The quantitative estimate of drug-likeness (QED) is 0.429. The fraction of sp³-hybridized carbons (Fsp3) is 0.543. The lowest BCUT2D eigenvalue weighted by molar-refractivity contribution is -0.140. The van der Waals surface area contributed by atoms with Gasteiger partial charge < -0.3 is 14.2 Å². The minimum absolute atomic E-state index is 0.0767. The summed E-state index contributed by atoms with van der Waals surface area (Å²) in [5, 5.41) is 1.08. The highest BCUT2D eigenvalue weighted by atomic mass is 32.2. The van der Waals surface area contributed by atoms with E-state index in [1.807, 2.05) is 18.2 Å². The van der Waals surface area contributed by atoms with Crippen molar-refractivity contribution in [3.8, 4) is 17.0 Å². The molecule has 1 aromatic heterocycles. The number of carbonyl (C=O) groups excluding carboxylic acids is 2. The second-order valence-corrected chi connectivity index (χ2v) is 16.3. The number of hydrogen-bond acceptors (Lipinski definition) is 6. The Morgan fingerprint density at radius 1 is 1.02 bits per heavy atom. The maximum atomic E-state index is 14.8. The molecular formula is C35H43N5O5S. The third-order valence-corrected chi connectivity index (χ3v) is 13.1. The molecule has 1 N–H and O–H groups in total. The molecule has 2 amide bonds. The average Bonchev–Trinajstić information content (AvgIpc) is 3.29. The van der Waals surface area contributed by atoms with Crippen LogP contribution in [0.5, 0.6) is 5.75 Å². The number of hydrogen-bond donors (Lipinski definition) is 1. The van der Waals surface area contributed by atoms with Crippen LogP contribution < -0.4 is 9.46 Å². The van der Waals surface area contributed by atoms with E-state index < -0.39 is 21.5 Å². The number of carbonyl (C=O) groups is 2. The van der Waals surface area contributed by atoms with E-state index in [1.165, 1.54) is 44.5 Å². The zero-order chi connectivity index (χ0) is 32.1. The topological polar surface area (TPSA) is 104 Å². The molecular weight excluding hydrogens is 602 g/mol. The number of nitrogens with zero attached hydrogens (tertiary/aromatic N) is 4. The number of benzene rings is 2. The lowest BCUT2D eigenvalue weighted by atomic mass is 9.81. The van der Waals surface area contributed by atoms with E-state index in [4.69, 9.17) is 4.74 Å². The Bertz CT molecular complexity index is 1880. The summed E-state index contributed by atoms with van der Waals surface area (Å²) in [5.41, 5.74) is 5.31. The molecule has 4 heterocycles. The maximum absolute atomic E-state index is 14.8. The van der Waals surface area contributed by atoms with Crippen LogP contribution in [0.15, 0.2) is 36.4 Å². The SMILES string of the molecule is COc1ccc2c(c1)[C@@H]1C[C@@]1(C(=O)N1CC3CC1CN3C)Cn1c-2c(C2CCCCC2)c2ccc(C(=O)NS(=O)(=O)N(C)C)cc21. The van der Waals surface area contributed by atoms with Crippen molar-refractivity contribution in [2.45, 2.75) is 75.4 Å². The van der Waals surface area contributed by atoms with Crippen molar-refractivity contribution in [3.05, 3.63) is 53.1 Å². The van der Waals surface area contributed by atoms with E-state index in [0.29, 0.717) is 18.5 Å². The predicted octanol–water partition coefficient (Wildman–Crippen LogP) is 4.30. The Labute approximate surface area is 270 Å². The van der Waals surface area contributed by atoms with Crippen molar-refractivity contribution in [1.82, 2.24) is 23.4 Å². The summed E-state index contributed by atoms with van der Waals surface area (Å²) in [6, 6.07) is 12.6. The van der Waals surface area contributed by atoms with Crippen LogP contribution >= 0.6 is 0 Å². The van der Waals surface area contributed by atoms with Gasteiger partial charge in [-0.1, -0.05) is 25.3 Å². The molecule has 4 fully saturated rings. The Kier molecular flexibility index (Phi) is 6.87. The number of methoxy groups -OCH3 is 1. The summed E-state index contributed by atoms with van der Waals surface area (Å²) in [5.74, 6) is 0.803. The van der Waals surface area contributed by atoms with Gasteiger partial charge >= 0.3 is 10.2 Å². The van der Waals surface area contributed by atoms with Crippen LogP contribution in [0.4, 0.5) is 0 Å². The second-order valence-electron chi connectivity index (χ2n) is 14.4. The van der Waals surface area contributed by atoms with Crippen LogP contribution in [0.25, 0.3) is 22.2 Å². The molecule has 0 spiro atoms. The molecule has 0 radical (unpaired) electrons. The van der Waals surface area contributed by atoms with Crippen LogP contribution in [0.3, 0.4) is 0 Å². The third kappa shape index (κ3) is 4.45. The molecule has 2 saturated heterocycles. The smallest absolute Gasteiger partial charge is 0.303 e. The van der Waals surface area contributed by atoms with Crippen molar-refractivity contribution in [2.75, 3.05) is 41.3 Å². The number of amides is 2. The zero-order valence-electron chi connectivity index (χ0n) is 27.1. The first-order chi connectivity index (χ1) is 22.0. The number of fused-ring (bicyclic) bond motifs is 9. The number of likely N-dealkylation sites (tertiary alicyclic amines) is 2. The normalized spacial score (nSPS) is 27.3. The molecule has 2 aromatic carbocycles. The Morgan fingerprint density at radius 3 is 2.48 bits per heavy atom. The molecule has 2 bridgehead atoms. The van der Waals surface area contributed by atoms with Crippen molar-refractivity contribution < 1.29 is 22.7 Å². The van der Waals surface area contributed by atoms with E-state index in [1.54, 1.807) is 13.2 Å². The summed E-state index contributed by atoms with van der Waals surface area (Å²) >= 11 is 0. The number of aromatic nitrogens is 1. The lowest BCUT2D eigenvalue weighted by Gasteiger charge is -2.35. The van der Waals surface area contributed by atoms with Crippen molar-refractivity contribution in [2.24, 2.45) is 5.41 Å². The van der Waals surface area contributed by atoms with Gasteiger partial charge in [-0.05, 0) is 80.1 Å². The summed E-state index contributed by atoms with van der Waals surface area (Å²) in [4.78, 5) is 32.6. The standard InChI is InChI=1S/C35H43N5O5S/c1-37(2)46(43,44)36-33(41)22-10-12-27-30(14-22)40-20-35(34(42)39-19-23-15-24(39)18-38(23)3)17-29(35)28-16-25(45-4)11-13-26(28)32(40)31(27)21-8-6-5-7-9-21/h10-14,16,21,23-24,29H,5-9,15,17-20H2,1-4H3,(H,36,41)/t23?,24?,29-,35+/m0/s1. The fourth-order valence-corrected chi connectivity index (χ4v) is 9.62. The van der Waals surface area contributed by atoms with Gasteiger partial charge in [0.2, 0.25) is 5.91 Å². The summed E-state index contributed by atoms with van der Waals surface area (Å²) in [7, 11) is 2.66. The first kappa shape index (κ1) is 30.0.